The van der Waals surface area contributed by atoms with Crippen LogP contribution < -0.4 is 5.32 Å². The van der Waals surface area contributed by atoms with Gasteiger partial charge >= 0.3 is 0 Å². The van der Waals surface area contributed by atoms with Crippen molar-refractivity contribution < 1.29 is 0 Å². The molecule has 3 nitrogen and oxygen atoms in total. The number of rotatable bonds is 4. The van der Waals surface area contributed by atoms with Crippen LogP contribution in [0.25, 0.3) is 0 Å². The molecule has 0 aromatic carbocycles. The Morgan fingerprint density at radius 1 is 1.35 bits per heavy atom. The van der Waals surface area contributed by atoms with E-state index >= 15 is 0 Å². The minimum Gasteiger partial charge on any atom is -0.353 e. The molecule has 0 bridgehead atoms. The number of anilines is 1. The summed E-state index contributed by atoms with van der Waals surface area (Å²) in [4.78, 5) is 5.89. The third kappa shape index (κ3) is 2.69. The van der Waals surface area contributed by atoms with E-state index < -0.39 is 0 Å². The van der Waals surface area contributed by atoms with E-state index in [1.165, 1.54) is 4.88 Å². The SMILES string of the molecule is Cc1cn(C(C)c2cccs2)c(NC(C)C)n1. The fourth-order valence-corrected chi connectivity index (χ4v) is 2.62. The maximum absolute atomic E-state index is 4.54. The molecule has 4 heteroatoms. The highest BCUT2D eigenvalue weighted by molar-refractivity contribution is 7.10. The molecule has 0 aliphatic rings. The van der Waals surface area contributed by atoms with E-state index in [0.717, 1.165) is 11.6 Å². The zero-order valence-corrected chi connectivity index (χ0v) is 11.6. The van der Waals surface area contributed by atoms with Crippen molar-refractivity contribution in [2.45, 2.75) is 39.8 Å². The largest absolute Gasteiger partial charge is 0.353 e. The smallest absolute Gasteiger partial charge is 0.203 e. The lowest BCUT2D eigenvalue weighted by molar-refractivity contribution is 0.648. The van der Waals surface area contributed by atoms with Crippen LogP contribution in [0.2, 0.25) is 0 Å². The van der Waals surface area contributed by atoms with Crippen LogP contribution in [0, 0.1) is 6.92 Å². The van der Waals surface area contributed by atoms with Gasteiger partial charge in [0.1, 0.15) is 0 Å². The minimum absolute atomic E-state index is 0.331. The van der Waals surface area contributed by atoms with Gasteiger partial charge in [-0.3, -0.25) is 0 Å². The van der Waals surface area contributed by atoms with E-state index in [1.807, 2.05) is 6.92 Å². The van der Waals surface area contributed by atoms with Gasteiger partial charge in [-0.05, 0) is 39.1 Å². The summed E-state index contributed by atoms with van der Waals surface area (Å²) >= 11 is 1.79. The molecule has 2 rings (SSSR count). The Hall–Kier alpha value is -1.29. The average molecular weight is 249 g/mol. The Bertz CT molecular complexity index is 471. The number of imidazole rings is 1. The molecular weight excluding hydrogens is 230 g/mol. The van der Waals surface area contributed by atoms with Gasteiger partial charge in [-0.15, -0.1) is 11.3 Å². The van der Waals surface area contributed by atoms with Crippen molar-refractivity contribution in [3.05, 3.63) is 34.3 Å². The molecule has 0 spiro atoms. The van der Waals surface area contributed by atoms with E-state index in [0.29, 0.717) is 12.1 Å². The van der Waals surface area contributed by atoms with Crippen LogP contribution in [-0.2, 0) is 0 Å². The van der Waals surface area contributed by atoms with Crippen molar-refractivity contribution >= 4 is 17.3 Å². The van der Waals surface area contributed by atoms with Crippen LogP contribution in [-0.4, -0.2) is 15.6 Å². The van der Waals surface area contributed by atoms with Crippen molar-refractivity contribution in [1.82, 2.24) is 9.55 Å². The molecule has 0 fully saturated rings. The normalized spacial score (nSPS) is 13.0. The minimum atomic E-state index is 0.331. The second-order valence-corrected chi connectivity index (χ2v) is 5.58. The molecule has 2 heterocycles. The lowest BCUT2D eigenvalue weighted by atomic mass is 10.3. The first-order valence-electron chi connectivity index (χ1n) is 5.93. The predicted octanol–water partition coefficient (Wildman–Crippen LogP) is 3.68. The van der Waals surface area contributed by atoms with Crippen molar-refractivity contribution in [2.75, 3.05) is 5.32 Å². The first kappa shape index (κ1) is 12.2. The highest BCUT2D eigenvalue weighted by Gasteiger charge is 2.14. The standard InChI is InChI=1S/C13H19N3S/c1-9(2)14-13-15-10(3)8-16(13)11(4)12-6-5-7-17-12/h5-9,11H,1-4H3,(H,14,15). The number of hydrogen-bond donors (Lipinski definition) is 1. The molecule has 0 amide bonds. The quantitative estimate of drug-likeness (QED) is 0.895. The van der Waals surface area contributed by atoms with Crippen LogP contribution in [0.15, 0.2) is 23.7 Å². The fraction of sp³-hybridized carbons (Fsp3) is 0.462. The molecule has 0 saturated heterocycles. The summed E-state index contributed by atoms with van der Waals surface area (Å²) in [6.45, 7) is 8.50. The Morgan fingerprint density at radius 3 is 2.71 bits per heavy atom. The lowest BCUT2D eigenvalue weighted by Gasteiger charge is -2.17. The third-order valence-electron chi connectivity index (χ3n) is 2.64. The van der Waals surface area contributed by atoms with Gasteiger partial charge in [0.25, 0.3) is 0 Å². The third-order valence-corrected chi connectivity index (χ3v) is 3.69. The highest BCUT2D eigenvalue weighted by Crippen LogP contribution is 2.26. The van der Waals surface area contributed by atoms with Crippen molar-refractivity contribution in [2.24, 2.45) is 0 Å². The van der Waals surface area contributed by atoms with Crippen LogP contribution in [0.3, 0.4) is 0 Å². The summed E-state index contributed by atoms with van der Waals surface area (Å²) in [5.41, 5.74) is 1.05. The van der Waals surface area contributed by atoms with Gasteiger partial charge < -0.3 is 9.88 Å². The summed E-state index contributed by atoms with van der Waals surface area (Å²) in [7, 11) is 0. The molecule has 92 valence electrons. The van der Waals surface area contributed by atoms with Gasteiger partial charge in [0.2, 0.25) is 5.95 Å². The molecule has 1 N–H and O–H groups in total. The molecular formula is C13H19N3S. The average Bonchev–Trinajstić information content (AvgIpc) is 2.85. The van der Waals surface area contributed by atoms with E-state index in [1.54, 1.807) is 11.3 Å². The number of nitrogens with zero attached hydrogens (tertiary/aromatic N) is 2. The van der Waals surface area contributed by atoms with Crippen molar-refractivity contribution in [3.63, 3.8) is 0 Å². The van der Waals surface area contributed by atoms with E-state index in [4.69, 9.17) is 0 Å². The molecule has 0 aliphatic carbocycles. The van der Waals surface area contributed by atoms with E-state index in [2.05, 4.69) is 59.3 Å². The van der Waals surface area contributed by atoms with Gasteiger partial charge in [0.05, 0.1) is 11.7 Å². The zero-order valence-electron chi connectivity index (χ0n) is 10.8. The molecule has 2 aromatic heterocycles. The van der Waals surface area contributed by atoms with E-state index in [-0.39, 0.29) is 0 Å². The monoisotopic (exact) mass is 249 g/mol. The molecule has 17 heavy (non-hydrogen) atoms. The molecule has 2 aromatic rings. The topological polar surface area (TPSA) is 29.9 Å². The second-order valence-electron chi connectivity index (χ2n) is 4.60. The maximum atomic E-state index is 4.54. The Kier molecular flexibility index (Phi) is 3.52. The van der Waals surface area contributed by atoms with Crippen LogP contribution in [0.4, 0.5) is 5.95 Å². The first-order chi connectivity index (χ1) is 8.08. The fourth-order valence-electron chi connectivity index (χ4n) is 1.84. The summed E-state index contributed by atoms with van der Waals surface area (Å²) in [6.07, 6.45) is 2.11. The number of hydrogen-bond acceptors (Lipinski definition) is 3. The van der Waals surface area contributed by atoms with Gasteiger partial charge in [-0.2, -0.15) is 0 Å². The molecule has 1 unspecified atom stereocenters. The summed E-state index contributed by atoms with van der Waals surface area (Å²) < 4.78 is 2.21. The summed E-state index contributed by atoms with van der Waals surface area (Å²) in [5, 5.41) is 5.51. The van der Waals surface area contributed by atoms with Gasteiger partial charge in [0.15, 0.2) is 0 Å². The number of thiophene rings is 1. The predicted molar refractivity (Wildman–Crippen MR) is 73.9 cm³/mol. The molecule has 1 atom stereocenters. The highest BCUT2D eigenvalue weighted by atomic mass is 32.1. The second kappa shape index (κ2) is 4.92. The molecule has 0 saturated carbocycles. The van der Waals surface area contributed by atoms with Crippen molar-refractivity contribution in [1.29, 1.82) is 0 Å². The van der Waals surface area contributed by atoms with Gasteiger partial charge in [-0.25, -0.2) is 4.98 Å². The summed E-state index contributed by atoms with van der Waals surface area (Å²) in [5.74, 6) is 0.957. The number of nitrogens with one attached hydrogen (secondary N) is 1. The Labute approximate surface area is 107 Å². The molecule has 0 aliphatic heterocycles. The molecule has 0 radical (unpaired) electrons. The van der Waals surface area contributed by atoms with E-state index in [9.17, 15) is 0 Å². The summed E-state index contributed by atoms with van der Waals surface area (Å²) in [6, 6.07) is 4.99. The van der Waals surface area contributed by atoms with Crippen LogP contribution >= 0.6 is 11.3 Å². The zero-order chi connectivity index (χ0) is 12.4. The lowest BCUT2D eigenvalue weighted by Crippen LogP contribution is -2.16. The van der Waals surface area contributed by atoms with Gasteiger partial charge in [0, 0.05) is 17.1 Å². The maximum Gasteiger partial charge on any atom is 0.203 e. The Balaban J connectivity index is 2.31. The van der Waals surface area contributed by atoms with Crippen LogP contribution in [0.5, 0.6) is 0 Å². The first-order valence-corrected chi connectivity index (χ1v) is 6.81. The number of aryl methyl sites for hydroxylation is 1. The van der Waals surface area contributed by atoms with Crippen LogP contribution in [0.1, 0.15) is 37.4 Å². The van der Waals surface area contributed by atoms with Gasteiger partial charge in [-0.1, -0.05) is 6.07 Å². The number of aromatic nitrogens is 2. The Morgan fingerprint density at radius 2 is 2.12 bits per heavy atom. The van der Waals surface area contributed by atoms with Crippen molar-refractivity contribution in [3.8, 4) is 0 Å².